The Bertz CT molecular complexity index is 924. The van der Waals surface area contributed by atoms with Gasteiger partial charge in [0.15, 0.2) is 0 Å². The number of likely N-dealkylation sites (tertiary alicyclic amines) is 1. The van der Waals surface area contributed by atoms with Crippen LogP contribution >= 0.6 is 11.6 Å². The summed E-state index contributed by atoms with van der Waals surface area (Å²) in [5, 5.41) is 3.61. The number of carbonyl (C=O) groups is 3. The van der Waals surface area contributed by atoms with Crippen molar-refractivity contribution >= 4 is 29.6 Å². The minimum absolute atomic E-state index is 0.0272. The number of piperidine rings is 1. The summed E-state index contributed by atoms with van der Waals surface area (Å²) in [5.74, 6) is 0.147. The summed E-state index contributed by atoms with van der Waals surface area (Å²) in [6.45, 7) is 3.02. The third-order valence-corrected chi connectivity index (χ3v) is 5.39. The van der Waals surface area contributed by atoms with Crippen LogP contribution in [0.4, 0.5) is 4.79 Å². The highest BCUT2D eigenvalue weighted by Crippen LogP contribution is 2.19. The van der Waals surface area contributed by atoms with Crippen LogP contribution in [-0.4, -0.2) is 48.6 Å². The van der Waals surface area contributed by atoms with Crippen LogP contribution in [0.1, 0.15) is 35.7 Å². The number of benzene rings is 2. The third-order valence-electron chi connectivity index (χ3n) is 5.02. The fourth-order valence-corrected chi connectivity index (χ4v) is 3.61. The van der Waals surface area contributed by atoms with Crippen molar-refractivity contribution in [2.75, 3.05) is 19.7 Å². The Morgan fingerprint density at radius 2 is 1.74 bits per heavy atom. The molecule has 2 aromatic rings. The maximum Gasteiger partial charge on any atom is 0.513 e. The number of ether oxygens (including phenoxy) is 2. The quantitative estimate of drug-likeness (QED) is 0.540. The molecule has 3 rings (SSSR count). The Morgan fingerprint density at radius 3 is 2.39 bits per heavy atom. The van der Waals surface area contributed by atoms with Crippen LogP contribution in [0.15, 0.2) is 48.5 Å². The summed E-state index contributed by atoms with van der Waals surface area (Å²) in [7, 11) is 0. The topological polar surface area (TPSA) is 84.9 Å². The van der Waals surface area contributed by atoms with E-state index in [-0.39, 0.29) is 30.9 Å². The van der Waals surface area contributed by atoms with Crippen molar-refractivity contribution in [3.63, 3.8) is 0 Å². The van der Waals surface area contributed by atoms with Gasteiger partial charge in [-0.05, 0) is 55.7 Å². The van der Waals surface area contributed by atoms with Gasteiger partial charge in [0.1, 0.15) is 5.75 Å². The molecule has 164 valence electrons. The van der Waals surface area contributed by atoms with Crippen molar-refractivity contribution in [1.29, 1.82) is 0 Å². The van der Waals surface area contributed by atoms with Crippen molar-refractivity contribution < 1.29 is 23.9 Å². The molecule has 1 saturated heterocycles. The van der Waals surface area contributed by atoms with E-state index in [0.29, 0.717) is 42.3 Å². The Hall–Kier alpha value is -3.06. The lowest BCUT2D eigenvalue weighted by Crippen LogP contribution is -2.46. The smallest absolute Gasteiger partial charge is 0.434 e. The van der Waals surface area contributed by atoms with Gasteiger partial charge < -0.3 is 19.7 Å². The van der Waals surface area contributed by atoms with Crippen molar-refractivity contribution in [1.82, 2.24) is 10.2 Å². The normalized spacial score (nSPS) is 14.1. The Kier molecular flexibility index (Phi) is 7.89. The van der Waals surface area contributed by atoms with E-state index in [1.165, 1.54) is 0 Å². The first-order valence-corrected chi connectivity index (χ1v) is 10.6. The molecule has 8 heteroatoms. The average Bonchev–Trinajstić information content (AvgIpc) is 2.76. The van der Waals surface area contributed by atoms with Crippen molar-refractivity contribution in [2.45, 2.75) is 32.2 Å². The van der Waals surface area contributed by atoms with Gasteiger partial charge in [0.05, 0.1) is 13.0 Å². The number of nitrogens with one attached hydrogen (secondary N) is 1. The van der Waals surface area contributed by atoms with Crippen LogP contribution in [0.3, 0.4) is 0 Å². The van der Waals surface area contributed by atoms with E-state index in [0.717, 1.165) is 5.56 Å². The number of nitrogens with zero attached hydrogens (tertiary/aromatic N) is 1. The standard InChI is InChI=1S/C23H25ClN2O5/c1-2-30-23(29)31-19-9-7-16(8-10-19)22(28)26-13-11-18(12-14-26)25-21(27)15-17-5-3-4-6-20(17)24/h3-10,18H,2,11-15H2,1H3,(H,25,27). The number of hydrogen-bond donors (Lipinski definition) is 1. The predicted molar refractivity (Wildman–Crippen MR) is 116 cm³/mol. The van der Waals surface area contributed by atoms with Gasteiger partial charge in [0.2, 0.25) is 5.91 Å². The molecule has 1 aliphatic heterocycles. The van der Waals surface area contributed by atoms with Gasteiger partial charge in [0.25, 0.3) is 5.91 Å². The molecule has 1 aliphatic rings. The predicted octanol–water partition coefficient (Wildman–Crippen LogP) is 3.84. The van der Waals surface area contributed by atoms with Gasteiger partial charge in [-0.2, -0.15) is 0 Å². The molecule has 0 saturated carbocycles. The number of rotatable bonds is 6. The largest absolute Gasteiger partial charge is 0.513 e. The molecule has 7 nitrogen and oxygen atoms in total. The zero-order chi connectivity index (χ0) is 22.2. The highest BCUT2D eigenvalue weighted by Gasteiger charge is 2.25. The molecule has 31 heavy (non-hydrogen) atoms. The van der Waals surface area contributed by atoms with E-state index >= 15 is 0 Å². The zero-order valence-electron chi connectivity index (χ0n) is 17.3. The first kappa shape index (κ1) is 22.6. The van der Waals surface area contributed by atoms with E-state index < -0.39 is 6.16 Å². The molecule has 1 fully saturated rings. The molecule has 2 amide bonds. The number of amides is 2. The Balaban J connectivity index is 1.46. The van der Waals surface area contributed by atoms with Crippen LogP contribution in [0.2, 0.25) is 5.02 Å². The lowest BCUT2D eigenvalue weighted by Gasteiger charge is -2.32. The van der Waals surface area contributed by atoms with Gasteiger partial charge in [-0.25, -0.2) is 4.79 Å². The van der Waals surface area contributed by atoms with Gasteiger partial charge in [-0.15, -0.1) is 0 Å². The monoisotopic (exact) mass is 444 g/mol. The molecule has 1 N–H and O–H groups in total. The van der Waals surface area contributed by atoms with Gasteiger partial charge in [-0.1, -0.05) is 29.8 Å². The Morgan fingerprint density at radius 1 is 1.06 bits per heavy atom. The van der Waals surface area contributed by atoms with Crippen molar-refractivity contribution in [3.05, 3.63) is 64.7 Å². The summed E-state index contributed by atoms with van der Waals surface area (Å²) in [6, 6.07) is 13.7. The molecular weight excluding hydrogens is 420 g/mol. The first-order chi connectivity index (χ1) is 15.0. The maximum absolute atomic E-state index is 12.7. The molecule has 0 radical (unpaired) electrons. The molecule has 1 heterocycles. The molecule has 0 unspecified atom stereocenters. The van der Waals surface area contributed by atoms with E-state index in [4.69, 9.17) is 21.1 Å². The van der Waals surface area contributed by atoms with Crippen LogP contribution < -0.4 is 10.1 Å². The highest BCUT2D eigenvalue weighted by molar-refractivity contribution is 6.31. The second-order valence-corrected chi connectivity index (χ2v) is 7.62. The average molecular weight is 445 g/mol. The molecule has 0 bridgehead atoms. The van der Waals surface area contributed by atoms with E-state index in [1.807, 2.05) is 18.2 Å². The van der Waals surface area contributed by atoms with Crippen LogP contribution in [0.5, 0.6) is 5.75 Å². The summed E-state index contributed by atoms with van der Waals surface area (Å²) in [6.07, 6.45) is 0.827. The summed E-state index contributed by atoms with van der Waals surface area (Å²) in [4.78, 5) is 38.2. The lowest BCUT2D eigenvalue weighted by atomic mass is 10.0. The van der Waals surface area contributed by atoms with Gasteiger partial charge in [-0.3, -0.25) is 9.59 Å². The maximum atomic E-state index is 12.7. The second-order valence-electron chi connectivity index (χ2n) is 7.21. The Labute approximate surface area is 186 Å². The minimum atomic E-state index is -0.778. The minimum Gasteiger partial charge on any atom is -0.434 e. The molecule has 0 atom stereocenters. The second kappa shape index (κ2) is 10.8. The van der Waals surface area contributed by atoms with Crippen molar-refractivity contribution in [3.8, 4) is 5.75 Å². The van der Waals surface area contributed by atoms with E-state index in [1.54, 1.807) is 42.2 Å². The molecule has 0 aliphatic carbocycles. The third kappa shape index (κ3) is 6.46. The van der Waals surface area contributed by atoms with E-state index in [2.05, 4.69) is 5.32 Å². The molecule has 0 spiro atoms. The van der Waals surface area contributed by atoms with Gasteiger partial charge >= 0.3 is 6.16 Å². The van der Waals surface area contributed by atoms with Crippen molar-refractivity contribution in [2.24, 2.45) is 0 Å². The first-order valence-electron chi connectivity index (χ1n) is 10.2. The van der Waals surface area contributed by atoms with Crippen LogP contribution in [0, 0.1) is 0 Å². The van der Waals surface area contributed by atoms with Gasteiger partial charge in [0, 0.05) is 29.7 Å². The summed E-state index contributed by atoms with van der Waals surface area (Å²) < 4.78 is 9.72. The lowest BCUT2D eigenvalue weighted by molar-refractivity contribution is -0.121. The van der Waals surface area contributed by atoms with E-state index in [9.17, 15) is 14.4 Å². The summed E-state index contributed by atoms with van der Waals surface area (Å²) in [5.41, 5.74) is 1.31. The fourth-order valence-electron chi connectivity index (χ4n) is 3.41. The number of halogens is 1. The number of carbonyl (C=O) groups excluding carboxylic acids is 3. The highest BCUT2D eigenvalue weighted by atomic mass is 35.5. The zero-order valence-corrected chi connectivity index (χ0v) is 18.1. The molecule has 0 aromatic heterocycles. The SMILES string of the molecule is CCOC(=O)Oc1ccc(C(=O)N2CCC(NC(=O)Cc3ccccc3Cl)CC2)cc1. The number of hydrogen-bond acceptors (Lipinski definition) is 5. The van der Waals surface area contributed by atoms with Crippen LogP contribution in [-0.2, 0) is 16.0 Å². The molecule has 2 aromatic carbocycles. The van der Waals surface area contributed by atoms with Crippen LogP contribution in [0.25, 0.3) is 0 Å². The molecular formula is C23H25ClN2O5. The fraction of sp³-hybridized carbons (Fsp3) is 0.348. The summed E-state index contributed by atoms with van der Waals surface area (Å²) >= 11 is 6.12.